The number of imidazole rings is 1. The van der Waals surface area contributed by atoms with Crippen LogP contribution in [-0.2, 0) is 29.0 Å². The van der Waals surface area contributed by atoms with Crippen molar-refractivity contribution in [1.29, 1.82) is 0 Å². The van der Waals surface area contributed by atoms with Crippen molar-refractivity contribution in [3.63, 3.8) is 0 Å². The largest absolute Gasteiger partial charge is 0.481 e. The molecule has 28 heavy (non-hydrogen) atoms. The van der Waals surface area contributed by atoms with E-state index in [0.717, 1.165) is 18.8 Å². The molecule has 3 heterocycles. The maximum absolute atomic E-state index is 12.6. The third kappa shape index (κ3) is 3.47. The summed E-state index contributed by atoms with van der Waals surface area (Å²) < 4.78 is 7.38. The number of nitrogens with one attached hydrogen (secondary N) is 1. The number of urea groups is 1. The van der Waals surface area contributed by atoms with Gasteiger partial charge in [-0.2, -0.15) is 0 Å². The Morgan fingerprint density at radius 2 is 2.14 bits per heavy atom. The lowest BCUT2D eigenvalue weighted by Gasteiger charge is -2.22. The van der Waals surface area contributed by atoms with Crippen molar-refractivity contribution < 1.29 is 19.4 Å². The maximum Gasteiger partial charge on any atom is 0.317 e. The molecule has 8 heteroatoms. The van der Waals surface area contributed by atoms with Gasteiger partial charge in [-0.3, -0.25) is 4.79 Å². The number of carbonyl (C=O) groups excluding carboxylic acids is 1. The van der Waals surface area contributed by atoms with Gasteiger partial charge in [0.25, 0.3) is 0 Å². The van der Waals surface area contributed by atoms with Crippen LogP contribution in [0, 0.1) is 11.3 Å². The van der Waals surface area contributed by atoms with Crippen LogP contribution in [0.1, 0.15) is 11.4 Å². The number of aliphatic carboxylic acids is 1. The van der Waals surface area contributed by atoms with Crippen molar-refractivity contribution in [2.45, 2.75) is 19.5 Å². The van der Waals surface area contributed by atoms with Gasteiger partial charge in [0.15, 0.2) is 0 Å². The molecule has 0 spiro atoms. The zero-order valence-corrected chi connectivity index (χ0v) is 15.6. The molecule has 0 unspecified atom stereocenters. The van der Waals surface area contributed by atoms with Crippen LogP contribution in [0.4, 0.5) is 4.79 Å². The molecule has 0 aliphatic carbocycles. The number of aryl methyl sites for hydroxylation is 2. The van der Waals surface area contributed by atoms with Gasteiger partial charge in [-0.15, -0.1) is 0 Å². The molecular weight excluding hydrogens is 360 g/mol. The first-order valence-corrected chi connectivity index (χ1v) is 9.46. The number of benzene rings is 1. The van der Waals surface area contributed by atoms with Crippen LogP contribution in [-0.4, -0.2) is 57.9 Å². The van der Waals surface area contributed by atoms with E-state index >= 15 is 0 Å². The van der Waals surface area contributed by atoms with E-state index in [1.165, 1.54) is 5.56 Å². The van der Waals surface area contributed by atoms with Gasteiger partial charge in [-0.25, -0.2) is 9.78 Å². The molecule has 2 aliphatic rings. The van der Waals surface area contributed by atoms with Gasteiger partial charge in [-0.05, 0) is 12.0 Å². The molecule has 2 aromatic rings. The molecule has 148 valence electrons. The lowest BCUT2D eigenvalue weighted by Crippen LogP contribution is -2.43. The first-order chi connectivity index (χ1) is 13.6. The molecule has 1 aromatic carbocycles. The Morgan fingerprint density at radius 3 is 2.89 bits per heavy atom. The first kappa shape index (κ1) is 18.5. The number of nitrogens with zero attached hydrogens (tertiary/aromatic N) is 3. The highest BCUT2D eigenvalue weighted by Crippen LogP contribution is 2.41. The number of likely N-dealkylation sites (tertiary alicyclic amines) is 1. The molecule has 2 aliphatic heterocycles. The Labute approximate surface area is 163 Å². The van der Waals surface area contributed by atoms with E-state index in [2.05, 4.69) is 22.4 Å². The Bertz CT molecular complexity index is 853. The van der Waals surface area contributed by atoms with E-state index < -0.39 is 11.4 Å². The number of ether oxygens (including phenoxy) is 1. The first-order valence-electron chi connectivity index (χ1n) is 9.46. The molecule has 2 atom stereocenters. The second-order valence-corrected chi connectivity index (χ2v) is 7.49. The summed E-state index contributed by atoms with van der Waals surface area (Å²) in [5.41, 5.74) is 0.280. The highest BCUT2D eigenvalue weighted by molar-refractivity contribution is 5.80. The lowest BCUT2D eigenvalue weighted by molar-refractivity contribution is -0.149. The number of carboxylic acid groups (broad SMARTS) is 1. The van der Waals surface area contributed by atoms with Gasteiger partial charge in [0.05, 0.1) is 19.8 Å². The van der Waals surface area contributed by atoms with E-state index in [0.29, 0.717) is 19.7 Å². The van der Waals surface area contributed by atoms with Crippen LogP contribution < -0.4 is 5.32 Å². The summed E-state index contributed by atoms with van der Waals surface area (Å²) in [6.07, 6.45) is 4.51. The van der Waals surface area contributed by atoms with Crippen molar-refractivity contribution in [2.75, 3.05) is 26.3 Å². The minimum absolute atomic E-state index is 0.149. The number of carboxylic acids is 1. The standard InChI is InChI=1S/C20H24N4O4/c25-18(26)20-13-24(11-16(20)12-28-14-20)19(27)22-10-17-21-7-9-23(17)8-6-15-4-2-1-3-5-15/h1-5,7,9,16H,6,8,10-14H2,(H,22,27)(H,25,26)/t16-,20-/m1/s1. The summed E-state index contributed by atoms with van der Waals surface area (Å²) in [6.45, 7) is 2.22. The zero-order valence-electron chi connectivity index (χ0n) is 15.6. The Kier molecular flexibility index (Phi) is 5.04. The zero-order chi connectivity index (χ0) is 19.6. The van der Waals surface area contributed by atoms with Crippen LogP contribution in [0.25, 0.3) is 0 Å². The van der Waals surface area contributed by atoms with Gasteiger partial charge >= 0.3 is 12.0 Å². The predicted octanol–water partition coefficient (Wildman–Crippen LogP) is 1.37. The van der Waals surface area contributed by atoms with E-state index in [1.807, 2.05) is 29.0 Å². The second kappa shape index (κ2) is 7.63. The third-order valence-corrected chi connectivity index (χ3v) is 5.77. The van der Waals surface area contributed by atoms with Crippen molar-refractivity contribution >= 4 is 12.0 Å². The minimum atomic E-state index is -0.967. The van der Waals surface area contributed by atoms with Crippen molar-refractivity contribution in [3.8, 4) is 0 Å². The third-order valence-electron chi connectivity index (χ3n) is 5.77. The fraction of sp³-hybridized carbons (Fsp3) is 0.450. The van der Waals surface area contributed by atoms with E-state index in [-0.39, 0.29) is 25.1 Å². The summed E-state index contributed by atoms with van der Waals surface area (Å²) >= 11 is 0. The molecule has 2 N–H and O–H groups in total. The summed E-state index contributed by atoms with van der Waals surface area (Å²) in [6, 6.07) is 9.95. The summed E-state index contributed by atoms with van der Waals surface area (Å²) in [5, 5.41) is 12.5. The fourth-order valence-electron chi connectivity index (χ4n) is 4.06. The number of hydrogen-bond donors (Lipinski definition) is 2. The van der Waals surface area contributed by atoms with Crippen LogP contribution in [0.5, 0.6) is 0 Å². The lowest BCUT2D eigenvalue weighted by atomic mass is 9.81. The van der Waals surface area contributed by atoms with Crippen LogP contribution in [0.3, 0.4) is 0 Å². The van der Waals surface area contributed by atoms with Crippen LogP contribution in [0.15, 0.2) is 42.7 Å². The SMILES string of the molecule is O=C(NCc1nccn1CCc1ccccc1)N1C[C@@H]2COC[C@]2(C(=O)O)C1. The molecule has 0 saturated carbocycles. The quantitative estimate of drug-likeness (QED) is 0.784. The topological polar surface area (TPSA) is 96.7 Å². The van der Waals surface area contributed by atoms with E-state index in [1.54, 1.807) is 11.1 Å². The van der Waals surface area contributed by atoms with Gasteiger partial charge in [0.2, 0.25) is 0 Å². The predicted molar refractivity (Wildman–Crippen MR) is 101 cm³/mol. The number of amides is 2. The highest BCUT2D eigenvalue weighted by Gasteiger charge is 2.57. The number of fused-ring (bicyclic) bond motifs is 1. The summed E-state index contributed by atoms with van der Waals surface area (Å²) in [5.74, 6) is -0.259. The van der Waals surface area contributed by atoms with Gasteiger partial charge in [0.1, 0.15) is 11.2 Å². The highest BCUT2D eigenvalue weighted by atomic mass is 16.5. The molecule has 0 bridgehead atoms. The van der Waals surface area contributed by atoms with Crippen LogP contribution in [0.2, 0.25) is 0 Å². The smallest absolute Gasteiger partial charge is 0.317 e. The molecule has 2 saturated heterocycles. The van der Waals surface area contributed by atoms with E-state index in [9.17, 15) is 14.7 Å². The fourth-order valence-corrected chi connectivity index (χ4v) is 4.06. The Balaban J connectivity index is 1.32. The average molecular weight is 384 g/mol. The Hall–Kier alpha value is -2.87. The van der Waals surface area contributed by atoms with Gasteiger partial charge < -0.3 is 24.6 Å². The molecule has 2 fully saturated rings. The number of rotatable bonds is 6. The minimum Gasteiger partial charge on any atom is -0.481 e. The molecular formula is C20H24N4O4. The summed E-state index contributed by atoms with van der Waals surface area (Å²) in [4.78, 5) is 30.2. The normalized spacial score (nSPS) is 23.6. The van der Waals surface area contributed by atoms with Crippen molar-refractivity contribution in [3.05, 3.63) is 54.1 Å². The van der Waals surface area contributed by atoms with E-state index in [4.69, 9.17) is 4.74 Å². The molecule has 1 aromatic heterocycles. The second-order valence-electron chi connectivity index (χ2n) is 7.49. The molecule has 4 rings (SSSR count). The van der Waals surface area contributed by atoms with Gasteiger partial charge in [-0.1, -0.05) is 30.3 Å². The monoisotopic (exact) mass is 384 g/mol. The molecule has 0 radical (unpaired) electrons. The van der Waals surface area contributed by atoms with Crippen molar-refractivity contribution in [2.24, 2.45) is 11.3 Å². The molecule has 8 nitrogen and oxygen atoms in total. The molecule has 2 amide bonds. The van der Waals surface area contributed by atoms with Crippen LogP contribution >= 0.6 is 0 Å². The number of aromatic nitrogens is 2. The Morgan fingerprint density at radius 1 is 1.32 bits per heavy atom. The van der Waals surface area contributed by atoms with Crippen molar-refractivity contribution in [1.82, 2.24) is 19.8 Å². The number of hydrogen-bond acceptors (Lipinski definition) is 4. The summed E-state index contributed by atoms with van der Waals surface area (Å²) in [7, 11) is 0. The maximum atomic E-state index is 12.6. The van der Waals surface area contributed by atoms with Gasteiger partial charge in [0, 0.05) is 37.9 Å². The number of carbonyl (C=O) groups is 2. The average Bonchev–Trinajstić information content (AvgIpc) is 3.39.